The number of ether oxygens (including phenoxy) is 1. The summed E-state index contributed by atoms with van der Waals surface area (Å²) in [5.74, 6) is 0.160. The molecule has 0 saturated heterocycles. The molecule has 1 heterocycles. The van der Waals surface area contributed by atoms with Crippen LogP contribution in [0.1, 0.15) is 11.7 Å². The van der Waals surface area contributed by atoms with Crippen molar-refractivity contribution in [1.82, 2.24) is 4.72 Å². The van der Waals surface area contributed by atoms with E-state index in [-0.39, 0.29) is 17.2 Å². The number of hydrogen-bond donors (Lipinski definition) is 3. The van der Waals surface area contributed by atoms with E-state index in [1.165, 1.54) is 36.6 Å². The van der Waals surface area contributed by atoms with Gasteiger partial charge in [0.1, 0.15) is 10.6 Å². The highest BCUT2D eigenvalue weighted by Crippen LogP contribution is 2.26. The van der Waals surface area contributed by atoms with Crippen LogP contribution in [0.15, 0.2) is 39.9 Å². The van der Waals surface area contributed by atoms with Crippen molar-refractivity contribution in [2.45, 2.75) is 11.0 Å². The summed E-state index contributed by atoms with van der Waals surface area (Å²) in [6, 6.07) is 6.02. The maximum Gasteiger partial charge on any atom is 0.244 e. The second kappa shape index (κ2) is 6.44. The highest BCUT2D eigenvalue weighted by molar-refractivity contribution is 7.89. The van der Waals surface area contributed by atoms with E-state index in [1.807, 2.05) is 5.38 Å². The van der Waals surface area contributed by atoms with E-state index >= 15 is 0 Å². The average molecular weight is 328 g/mol. The van der Waals surface area contributed by atoms with Crippen molar-refractivity contribution in [3.05, 3.63) is 40.6 Å². The van der Waals surface area contributed by atoms with Gasteiger partial charge in [-0.1, -0.05) is 0 Å². The van der Waals surface area contributed by atoms with Gasteiger partial charge in [-0.15, -0.1) is 0 Å². The molecular weight excluding hydrogens is 312 g/mol. The fourth-order valence-electron chi connectivity index (χ4n) is 1.76. The minimum atomic E-state index is -3.79. The first-order valence-corrected chi connectivity index (χ1v) is 8.50. The van der Waals surface area contributed by atoms with Gasteiger partial charge in [-0.25, -0.2) is 13.1 Å². The van der Waals surface area contributed by atoms with E-state index < -0.39 is 16.1 Å². The van der Waals surface area contributed by atoms with Gasteiger partial charge in [0.05, 0.1) is 13.2 Å². The first-order valence-electron chi connectivity index (χ1n) is 6.07. The van der Waals surface area contributed by atoms with Crippen LogP contribution in [-0.2, 0) is 10.0 Å². The van der Waals surface area contributed by atoms with Gasteiger partial charge < -0.3 is 15.6 Å². The number of nitrogens with two attached hydrogens (primary N) is 1. The van der Waals surface area contributed by atoms with Crippen molar-refractivity contribution in [3.8, 4) is 5.75 Å². The second-order valence-corrected chi connectivity index (χ2v) is 6.85. The molecule has 0 saturated carbocycles. The van der Waals surface area contributed by atoms with E-state index in [4.69, 9.17) is 10.5 Å². The van der Waals surface area contributed by atoms with Crippen molar-refractivity contribution in [2.75, 3.05) is 19.4 Å². The highest BCUT2D eigenvalue weighted by Gasteiger charge is 2.21. The van der Waals surface area contributed by atoms with Gasteiger partial charge in [-0.3, -0.25) is 0 Å². The van der Waals surface area contributed by atoms with Crippen molar-refractivity contribution >= 4 is 27.0 Å². The number of sulfonamides is 1. The quantitative estimate of drug-likeness (QED) is 0.695. The molecule has 0 bridgehead atoms. The number of nitrogens with one attached hydrogen (secondary N) is 1. The van der Waals surface area contributed by atoms with Crippen molar-refractivity contribution in [2.24, 2.45) is 0 Å². The number of anilines is 1. The Labute approximate surface area is 127 Å². The molecule has 0 aliphatic rings. The standard InChI is InChI=1S/C13H16N2O4S2/c1-19-12-6-10(14)2-3-13(12)21(17,18)15-7-11(16)9-4-5-20-8-9/h2-6,8,11,15-16H,7,14H2,1H3. The number of benzene rings is 1. The number of hydrogen-bond acceptors (Lipinski definition) is 6. The monoisotopic (exact) mass is 328 g/mol. The highest BCUT2D eigenvalue weighted by atomic mass is 32.2. The average Bonchev–Trinajstić information content (AvgIpc) is 2.98. The fraction of sp³-hybridized carbons (Fsp3) is 0.231. The summed E-state index contributed by atoms with van der Waals surface area (Å²) in [6.07, 6.45) is -0.897. The molecule has 2 rings (SSSR count). The van der Waals surface area contributed by atoms with E-state index in [1.54, 1.807) is 11.4 Å². The summed E-state index contributed by atoms with van der Waals surface area (Å²) in [6.45, 7) is -0.118. The minimum absolute atomic E-state index is 0.0169. The van der Waals surface area contributed by atoms with Crippen molar-refractivity contribution in [3.63, 3.8) is 0 Å². The summed E-state index contributed by atoms with van der Waals surface area (Å²) in [7, 11) is -2.42. The number of methoxy groups -OCH3 is 1. The van der Waals surface area contributed by atoms with Gasteiger partial charge in [0, 0.05) is 18.3 Å². The van der Waals surface area contributed by atoms with Gasteiger partial charge in [-0.2, -0.15) is 11.3 Å². The van der Waals surface area contributed by atoms with Crippen LogP contribution >= 0.6 is 11.3 Å². The first-order chi connectivity index (χ1) is 9.94. The number of nitrogen functional groups attached to an aromatic ring is 1. The Morgan fingerprint density at radius 3 is 2.81 bits per heavy atom. The summed E-state index contributed by atoms with van der Waals surface area (Å²) in [5.41, 5.74) is 6.68. The predicted octanol–water partition coefficient (Wildman–Crippen LogP) is 1.35. The van der Waals surface area contributed by atoms with Gasteiger partial charge in [-0.05, 0) is 34.5 Å². The second-order valence-electron chi connectivity index (χ2n) is 4.33. The lowest BCUT2D eigenvalue weighted by molar-refractivity contribution is 0.182. The Kier molecular flexibility index (Phi) is 4.84. The van der Waals surface area contributed by atoms with Crippen LogP contribution in [0.4, 0.5) is 5.69 Å². The molecule has 0 aliphatic carbocycles. The number of aliphatic hydroxyl groups excluding tert-OH is 1. The summed E-state index contributed by atoms with van der Waals surface area (Å²) >= 11 is 1.43. The third-order valence-corrected chi connectivity index (χ3v) is 5.04. The lowest BCUT2D eigenvalue weighted by Crippen LogP contribution is -2.28. The van der Waals surface area contributed by atoms with Crippen LogP contribution in [-0.4, -0.2) is 27.2 Å². The lowest BCUT2D eigenvalue weighted by atomic mass is 10.2. The molecule has 1 atom stereocenters. The van der Waals surface area contributed by atoms with Crippen LogP contribution in [0, 0.1) is 0 Å². The Morgan fingerprint density at radius 2 is 2.19 bits per heavy atom. The third kappa shape index (κ3) is 3.73. The van der Waals surface area contributed by atoms with E-state index in [2.05, 4.69) is 4.72 Å². The first kappa shape index (κ1) is 15.8. The van der Waals surface area contributed by atoms with Gasteiger partial charge in [0.2, 0.25) is 10.0 Å². The Bertz CT molecular complexity index is 699. The zero-order chi connectivity index (χ0) is 15.5. The topological polar surface area (TPSA) is 102 Å². The molecule has 1 aromatic carbocycles. The van der Waals surface area contributed by atoms with Gasteiger partial charge in [0.25, 0.3) is 0 Å². The molecule has 4 N–H and O–H groups in total. The van der Waals surface area contributed by atoms with E-state index in [0.717, 1.165) is 0 Å². The minimum Gasteiger partial charge on any atom is -0.495 e. The summed E-state index contributed by atoms with van der Waals surface area (Å²) < 4.78 is 31.9. The largest absolute Gasteiger partial charge is 0.495 e. The zero-order valence-corrected chi connectivity index (χ0v) is 12.9. The van der Waals surface area contributed by atoms with Crippen molar-refractivity contribution in [1.29, 1.82) is 0 Å². The van der Waals surface area contributed by atoms with Crippen molar-refractivity contribution < 1.29 is 18.3 Å². The van der Waals surface area contributed by atoms with E-state index in [0.29, 0.717) is 11.3 Å². The Hall–Kier alpha value is -1.61. The molecular formula is C13H16N2O4S2. The fourth-order valence-corrected chi connectivity index (χ4v) is 3.65. The number of aliphatic hydroxyl groups is 1. The summed E-state index contributed by atoms with van der Waals surface area (Å²) in [4.78, 5) is -0.0169. The molecule has 0 spiro atoms. The molecule has 1 unspecified atom stereocenters. The molecule has 0 fully saturated rings. The van der Waals surface area contributed by atoms with Crippen LogP contribution in [0.25, 0.3) is 0 Å². The maximum atomic E-state index is 12.3. The smallest absolute Gasteiger partial charge is 0.244 e. The van der Waals surface area contributed by atoms with Crippen LogP contribution in [0.2, 0.25) is 0 Å². The normalized spacial score (nSPS) is 13.0. The third-order valence-electron chi connectivity index (χ3n) is 2.87. The molecule has 1 aromatic heterocycles. The SMILES string of the molecule is COc1cc(N)ccc1S(=O)(=O)NCC(O)c1ccsc1. The molecule has 0 amide bonds. The molecule has 114 valence electrons. The number of thiophene rings is 1. The van der Waals surface area contributed by atoms with Crippen LogP contribution in [0.5, 0.6) is 5.75 Å². The van der Waals surface area contributed by atoms with Gasteiger partial charge in [0.15, 0.2) is 0 Å². The maximum absolute atomic E-state index is 12.3. The van der Waals surface area contributed by atoms with E-state index in [9.17, 15) is 13.5 Å². The van der Waals surface area contributed by atoms with Gasteiger partial charge >= 0.3 is 0 Å². The van der Waals surface area contributed by atoms with Crippen LogP contribution in [0.3, 0.4) is 0 Å². The summed E-state index contributed by atoms with van der Waals surface area (Å²) in [5, 5.41) is 13.5. The predicted molar refractivity (Wildman–Crippen MR) is 81.9 cm³/mol. The molecule has 0 aliphatic heterocycles. The molecule has 0 radical (unpaired) electrons. The molecule has 2 aromatic rings. The molecule has 6 nitrogen and oxygen atoms in total. The Morgan fingerprint density at radius 1 is 1.43 bits per heavy atom. The van der Waals surface area contributed by atoms with Crippen LogP contribution < -0.4 is 15.2 Å². The molecule has 8 heteroatoms. The number of rotatable bonds is 6. The lowest BCUT2D eigenvalue weighted by Gasteiger charge is -2.13. The zero-order valence-electron chi connectivity index (χ0n) is 11.3. The molecule has 21 heavy (non-hydrogen) atoms. The Balaban J connectivity index is 2.15.